The van der Waals surface area contributed by atoms with Gasteiger partial charge in [0.2, 0.25) is 2.33 Å². The summed E-state index contributed by atoms with van der Waals surface area (Å²) in [5, 5.41) is 0. The van der Waals surface area contributed by atoms with Crippen LogP contribution in [-0.4, -0.2) is 2.33 Å². The van der Waals surface area contributed by atoms with Crippen molar-refractivity contribution < 1.29 is 4.18 Å². The quantitative estimate of drug-likeness (QED) is 0.555. The van der Waals surface area contributed by atoms with Crippen LogP contribution in [0.5, 0.6) is 0 Å². The Bertz CT molecular complexity index is 234. The lowest BCUT2D eigenvalue weighted by Crippen LogP contribution is -1.98. The van der Waals surface area contributed by atoms with Gasteiger partial charge >= 0.3 is 0 Å². The van der Waals surface area contributed by atoms with Gasteiger partial charge in [-0.15, -0.1) is 0 Å². The molecule has 0 heterocycles. The zero-order valence-electron chi connectivity index (χ0n) is 5.84. The third-order valence-corrected chi connectivity index (χ3v) is 2.90. The first-order valence-electron chi connectivity index (χ1n) is 3.05. The highest BCUT2D eigenvalue weighted by atomic mass is 80.0. The predicted molar refractivity (Wildman–Crippen MR) is 62.9 cm³/mol. The minimum Gasteiger partial charge on any atom is -0.270 e. The summed E-state index contributed by atoms with van der Waals surface area (Å²) in [5.41, 5.74) is 0. The molecule has 0 spiro atoms. The molecule has 1 aromatic rings. The second kappa shape index (κ2) is 5.00. The Morgan fingerprint density at radius 1 is 1.08 bits per heavy atom. The maximum Gasteiger partial charge on any atom is 0.246 e. The largest absolute Gasteiger partial charge is 0.270 e. The molecule has 66 valence electrons. The number of hydrogen-bond acceptors (Lipinski definition) is 2. The van der Waals surface area contributed by atoms with E-state index in [-0.39, 0.29) is 0 Å². The number of benzene rings is 1. The summed E-state index contributed by atoms with van der Waals surface area (Å²) in [6.07, 6.45) is 0. The van der Waals surface area contributed by atoms with Crippen molar-refractivity contribution in [3.63, 3.8) is 0 Å². The van der Waals surface area contributed by atoms with Crippen molar-refractivity contribution >= 4 is 59.8 Å². The van der Waals surface area contributed by atoms with Crippen molar-refractivity contribution in [2.24, 2.45) is 0 Å². The van der Waals surface area contributed by atoms with Gasteiger partial charge in [0, 0.05) is 16.9 Å². The Balaban J connectivity index is 2.44. The van der Waals surface area contributed by atoms with E-state index in [1.807, 2.05) is 30.3 Å². The van der Waals surface area contributed by atoms with Gasteiger partial charge in [0.05, 0.1) is 0 Å². The predicted octanol–water partition coefficient (Wildman–Crippen LogP) is 4.51. The van der Waals surface area contributed by atoms with Crippen molar-refractivity contribution in [3.8, 4) is 0 Å². The van der Waals surface area contributed by atoms with Gasteiger partial charge in [-0.05, 0) is 59.9 Å². The molecule has 0 aromatic heterocycles. The molecule has 5 heteroatoms. The third-order valence-electron chi connectivity index (χ3n) is 0.976. The van der Waals surface area contributed by atoms with Crippen LogP contribution in [0.3, 0.4) is 0 Å². The summed E-state index contributed by atoms with van der Waals surface area (Å²) in [4.78, 5) is 1.06. The molecule has 0 fully saturated rings. The SMILES string of the molecule is BrC(Br)(Br)OSc1ccccc1. The molecule has 1 aromatic carbocycles. The lowest BCUT2D eigenvalue weighted by Gasteiger charge is -2.10. The molecule has 0 saturated carbocycles. The molecule has 0 radical (unpaired) electrons. The first kappa shape index (κ1) is 11.0. The summed E-state index contributed by atoms with van der Waals surface area (Å²) < 4.78 is 4.64. The Morgan fingerprint density at radius 3 is 2.17 bits per heavy atom. The van der Waals surface area contributed by atoms with Crippen molar-refractivity contribution in [1.82, 2.24) is 0 Å². The normalized spacial score (nSPS) is 11.6. The molecule has 0 amide bonds. The minimum absolute atomic E-state index is 0.645. The summed E-state index contributed by atoms with van der Waals surface area (Å²) in [5.74, 6) is 0. The number of alkyl halides is 3. The first-order chi connectivity index (χ1) is 5.58. The van der Waals surface area contributed by atoms with Crippen LogP contribution in [-0.2, 0) is 4.18 Å². The zero-order valence-corrected chi connectivity index (χ0v) is 11.4. The summed E-state index contributed by atoms with van der Waals surface area (Å²) >= 11 is 11.0. The van der Waals surface area contributed by atoms with Gasteiger partial charge in [-0.25, -0.2) is 0 Å². The summed E-state index contributed by atoms with van der Waals surface area (Å²) in [6.45, 7) is 0. The topological polar surface area (TPSA) is 9.23 Å². The Kier molecular flexibility index (Phi) is 4.60. The van der Waals surface area contributed by atoms with Gasteiger partial charge in [-0.2, -0.15) is 0 Å². The van der Waals surface area contributed by atoms with Crippen LogP contribution in [0.15, 0.2) is 35.2 Å². The van der Waals surface area contributed by atoms with Crippen molar-refractivity contribution in [3.05, 3.63) is 30.3 Å². The average molecular weight is 377 g/mol. The molecule has 0 aliphatic rings. The molecule has 1 rings (SSSR count). The van der Waals surface area contributed by atoms with Crippen molar-refractivity contribution in [1.29, 1.82) is 0 Å². The molecule has 0 aliphatic heterocycles. The van der Waals surface area contributed by atoms with E-state index < -0.39 is 2.33 Å². The smallest absolute Gasteiger partial charge is 0.246 e. The van der Waals surface area contributed by atoms with Gasteiger partial charge in [0.25, 0.3) is 0 Å². The maximum atomic E-state index is 5.28. The maximum absolute atomic E-state index is 5.28. The van der Waals surface area contributed by atoms with Crippen LogP contribution in [0, 0.1) is 0 Å². The monoisotopic (exact) mass is 374 g/mol. The molecular weight excluding hydrogens is 372 g/mol. The Labute approximate surface area is 101 Å². The van der Waals surface area contributed by atoms with Crippen LogP contribution in [0.4, 0.5) is 0 Å². The second-order valence-corrected chi connectivity index (χ2v) is 9.27. The lowest BCUT2D eigenvalue weighted by molar-refractivity contribution is 0.423. The molecule has 1 nitrogen and oxygen atoms in total. The highest BCUT2D eigenvalue weighted by Gasteiger charge is 2.18. The lowest BCUT2D eigenvalue weighted by atomic mass is 10.4. The molecule has 0 bridgehead atoms. The molecule has 0 N–H and O–H groups in total. The highest BCUT2D eigenvalue weighted by molar-refractivity contribution is 9.39. The van der Waals surface area contributed by atoms with Crippen LogP contribution >= 0.6 is 59.8 Å². The van der Waals surface area contributed by atoms with Gasteiger partial charge in [-0.1, -0.05) is 18.2 Å². The second-order valence-electron chi connectivity index (χ2n) is 1.93. The van der Waals surface area contributed by atoms with Gasteiger partial charge in [-0.3, -0.25) is 4.18 Å². The Morgan fingerprint density at radius 2 is 1.67 bits per heavy atom. The fourth-order valence-electron chi connectivity index (χ4n) is 0.571. The van der Waals surface area contributed by atoms with E-state index in [9.17, 15) is 0 Å². The summed E-state index contributed by atoms with van der Waals surface area (Å²) in [6, 6.07) is 9.84. The van der Waals surface area contributed by atoms with Crippen LogP contribution in [0.1, 0.15) is 0 Å². The van der Waals surface area contributed by atoms with E-state index in [0.717, 1.165) is 4.90 Å². The highest BCUT2D eigenvalue weighted by Crippen LogP contribution is 2.40. The molecule has 0 aliphatic carbocycles. The van der Waals surface area contributed by atoms with Crippen LogP contribution in [0.25, 0.3) is 0 Å². The van der Waals surface area contributed by atoms with Crippen LogP contribution < -0.4 is 0 Å². The van der Waals surface area contributed by atoms with Crippen LogP contribution in [0.2, 0.25) is 0 Å². The van der Waals surface area contributed by atoms with E-state index in [1.54, 1.807) is 0 Å². The average Bonchev–Trinajstić information content (AvgIpc) is 2.02. The number of rotatable bonds is 2. The fraction of sp³-hybridized carbons (Fsp3) is 0.143. The molecular formula is C7H5Br3OS. The molecule has 0 unspecified atom stereocenters. The van der Waals surface area contributed by atoms with E-state index in [4.69, 9.17) is 4.18 Å². The van der Waals surface area contributed by atoms with Gasteiger partial charge in [0.15, 0.2) is 0 Å². The standard InChI is InChI=1S/C7H5Br3OS/c8-7(9,10)11-12-6-4-2-1-3-5-6/h1-5H. The zero-order chi connectivity index (χ0) is 9.03. The Hall–Kier alpha value is 0.970. The third kappa shape index (κ3) is 4.87. The molecule has 12 heavy (non-hydrogen) atoms. The van der Waals surface area contributed by atoms with Crippen molar-refractivity contribution in [2.75, 3.05) is 0 Å². The van der Waals surface area contributed by atoms with E-state index in [1.165, 1.54) is 12.0 Å². The van der Waals surface area contributed by atoms with E-state index in [0.29, 0.717) is 0 Å². The van der Waals surface area contributed by atoms with Gasteiger partial charge in [0.1, 0.15) is 0 Å². The molecule has 0 atom stereocenters. The fourth-order valence-corrected chi connectivity index (χ4v) is 1.63. The minimum atomic E-state index is -0.645. The van der Waals surface area contributed by atoms with E-state index in [2.05, 4.69) is 47.8 Å². The number of hydrogen-bond donors (Lipinski definition) is 0. The van der Waals surface area contributed by atoms with E-state index >= 15 is 0 Å². The van der Waals surface area contributed by atoms with Crippen molar-refractivity contribution in [2.45, 2.75) is 7.22 Å². The first-order valence-corrected chi connectivity index (χ1v) is 6.17. The summed E-state index contributed by atoms with van der Waals surface area (Å²) in [7, 11) is 0. The number of halogens is 3. The van der Waals surface area contributed by atoms with Gasteiger partial charge < -0.3 is 0 Å². The molecule has 0 saturated heterocycles.